The van der Waals surface area contributed by atoms with E-state index in [9.17, 15) is 4.79 Å². The molecule has 5 nitrogen and oxygen atoms in total. The summed E-state index contributed by atoms with van der Waals surface area (Å²) in [6, 6.07) is 30.5. The zero-order chi connectivity index (χ0) is 23.6. The van der Waals surface area contributed by atoms with E-state index in [1.165, 1.54) is 24.0 Å². The van der Waals surface area contributed by atoms with Crippen molar-refractivity contribution < 1.29 is 4.79 Å². The molecule has 1 atom stereocenters. The topological polar surface area (TPSA) is 68.2 Å². The Hall–Kier alpha value is -3.62. The van der Waals surface area contributed by atoms with Crippen LogP contribution >= 0.6 is 0 Å². The lowest BCUT2D eigenvalue weighted by Gasteiger charge is -2.38. The number of benzene rings is 3. The molecule has 0 radical (unpaired) electrons. The van der Waals surface area contributed by atoms with Gasteiger partial charge in [-0.2, -0.15) is 5.26 Å². The number of piperidine rings is 1. The largest absolute Gasteiger partial charge is 0.338 e. The second kappa shape index (κ2) is 12.0. The first-order valence-corrected chi connectivity index (χ1v) is 12.1. The molecule has 0 aliphatic carbocycles. The van der Waals surface area contributed by atoms with Crippen molar-refractivity contribution in [1.29, 1.82) is 5.26 Å². The highest BCUT2D eigenvalue weighted by atomic mass is 16.2. The number of carbonyl (C=O) groups is 1. The Balaban J connectivity index is 1.31. The van der Waals surface area contributed by atoms with Crippen molar-refractivity contribution >= 4 is 11.7 Å². The average molecular weight is 453 g/mol. The molecule has 1 saturated heterocycles. The number of rotatable bonds is 8. The van der Waals surface area contributed by atoms with Gasteiger partial charge < -0.3 is 10.6 Å². The van der Waals surface area contributed by atoms with Gasteiger partial charge in [0.1, 0.15) is 0 Å². The van der Waals surface area contributed by atoms with Crippen molar-refractivity contribution in [1.82, 2.24) is 10.2 Å². The molecule has 1 aliphatic rings. The molecular formula is C29H32N4O. The maximum atomic E-state index is 12.4. The van der Waals surface area contributed by atoms with Gasteiger partial charge in [0.2, 0.25) is 0 Å². The highest BCUT2D eigenvalue weighted by Crippen LogP contribution is 2.30. The Bertz CT molecular complexity index is 1090. The Morgan fingerprint density at radius 3 is 2.38 bits per heavy atom. The second-order valence-electron chi connectivity index (χ2n) is 8.96. The summed E-state index contributed by atoms with van der Waals surface area (Å²) in [6.07, 6.45) is 4.39. The number of amides is 2. The van der Waals surface area contributed by atoms with Crippen molar-refractivity contribution in [3.05, 3.63) is 102 Å². The summed E-state index contributed by atoms with van der Waals surface area (Å²) >= 11 is 0. The van der Waals surface area contributed by atoms with Crippen LogP contribution in [-0.4, -0.2) is 30.6 Å². The SMILES string of the molecule is N#Cc1cccc(NC(=O)NCCC(c2ccccc2)N2CCC(Cc3ccccc3)CC2)c1. The molecule has 0 aromatic heterocycles. The third-order valence-corrected chi connectivity index (χ3v) is 6.59. The fourth-order valence-electron chi connectivity index (χ4n) is 4.82. The summed E-state index contributed by atoms with van der Waals surface area (Å²) in [6.45, 7) is 2.72. The molecule has 2 N–H and O–H groups in total. The molecule has 3 aromatic rings. The van der Waals surface area contributed by atoms with Crippen LogP contribution in [0, 0.1) is 17.2 Å². The number of nitrogens with one attached hydrogen (secondary N) is 2. The predicted molar refractivity (Wildman–Crippen MR) is 136 cm³/mol. The average Bonchev–Trinajstić information content (AvgIpc) is 2.88. The number of nitriles is 1. The van der Waals surface area contributed by atoms with Gasteiger partial charge in [0.05, 0.1) is 11.6 Å². The Labute approximate surface area is 202 Å². The molecule has 174 valence electrons. The van der Waals surface area contributed by atoms with Gasteiger partial charge in [-0.25, -0.2) is 4.79 Å². The van der Waals surface area contributed by atoms with Gasteiger partial charge in [-0.1, -0.05) is 66.7 Å². The third-order valence-electron chi connectivity index (χ3n) is 6.59. The molecule has 1 fully saturated rings. The molecule has 4 rings (SSSR count). The fourth-order valence-corrected chi connectivity index (χ4v) is 4.82. The predicted octanol–water partition coefficient (Wildman–Crippen LogP) is 5.77. The van der Waals surface area contributed by atoms with Gasteiger partial charge in [-0.15, -0.1) is 0 Å². The first-order valence-electron chi connectivity index (χ1n) is 12.1. The van der Waals surface area contributed by atoms with E-state index in [1.807, 2.05) is 6.07 Å². The van der Waals surface area contributed by atoms with E-state index in [0.29, 0.717) is 17.8 Å². The van der Waals surface area contributed by atoms with Gasteiger partial charge in [-0.05, 0) is 74.0 Å². The minimum absolute atomic E-state index is 0.247. The molecule has 0 bridgehead atoms. The lowest BCUT2D eigenvalue weighted by molar-refractivity contribution is 0.126. The summed E-state index contributed by atoms with van der Waals surface area (Å²) in [4.78, 5) is 15.0. The number of carbonyl (C=O) groups excluding carboxylic acids is 1. The van der Waals surface area contributed by atoms with Crippen molar-refractivity contribution in [2.75, 3.05) is 25.0 Å². The van der Waals surface area contributed by atoms with Crippen LogP contribution in [0.15, 0.2) is 84.9 Å². The van der Waals surface area contributed by atoms with Crippen LogP contribution in [0.2, 0.25) is 0 Å². The second-order valence-corrected chi connectivity index (χ2v) is 8.96. The van der Waals surface area contributed by atoms with Crippen LogP contribution in [0.25, 0.3) is 0 Å². The Morgan fingerprint density at radius 1 is 0.971 bits per heavy atom. The number of anilines is 1. The highest BCUT2D eigenvalue weighted by Gasteiger charge is 2.26. The van der Waals surface area contributed by atoms with Gasteiger partial charge in [0.15, 0.2) is 0 Å². The van der Waals surface area contributed by atoms with Gasteiger partial charge in [0, 0.05) is 18.3 Å². The van der Waals surface area contributed by atoms with E-state index in [0.717, 1.165) is 31.8 Å². The smallest absolute Gasteiger partial charge is 0.319 e. The standard InChI is InChI=1S/C29H32N4O/c30-22-25-10-7-13-27(21-25)32-29(34)31-17-14-28(26-11-5-2-6-12-26)33-18-15-24(16-19-33)20-23-8-3-1-4-9-23/h1-13,21,24,28H,14-20H2,(H2,31,32,34). The number of hydrogen-bond acceptors (Lipinski definition) is 3. The molecule has 1 heterocycles. The highest BCUT2D eigenvalue weighted by molar-refractivity contribution is 5.89. The van der Waals surface area contributed by atoms with E-state index in [2.05, 4.69) is 76.2 Å². The van der Waals surface area contributed by atoms with Gasteiger partial charge >= 0.3 is 6.03 Å². The summed E-state index contributed by atoms with van der Waals surface area (Å²) in [5, 5.41) is 14.9. The zero-order valence-electron chi connectivity index (χ0n) is 19.5. The van der Waals surface area contributed by atoms with Crippen LogP contribution < -0.4 is 10.6 Å². The van der Waals surface area contributed by atoms with Crippen LogP contribution in [0.1, 0.15) is 42.0 Å². The van der Waals surface area contributed by atoms with Crippen LogP contribution in [0.5, 0.6) is 0 Å². The number of hydrogen-bond donors (Lipinski definition) is 2. The maximum Gasteiger partial charge on any atom is 0.319 e. The molecule has 0 saturated carbocycles. The maximum absolute atomic E-state index is 12.4. The van der Waals surface area contributed by atoms with E-state index in [4.69, 9.17) is 5.26 Å². The van der Waals surface area contributed by atoms with Crippen molar-refractivity contribution in [2.24, 2.45) is 5.92 Å². The summed E-state index contributed by atoms with van der Waals surface area (Å²) in [5.41, 5.74) is 3.87. The van der Waals surface area contributed by atoms with E-state index in [-0.39, 0.29) is 12.1 Å². The first-order chi connectivity index (χ1) is 16.7. The quantitative estimate of drug-likeness (QED) is 0.456. The van der Waals surface area contributed by atoms with E-state index in [1.54, 1.807) is 24.3 Å². The van der Waals surface area contributed by atoms with Crippen molar-refractivity contribution in [3.8, 4) is 6.07 Å². The summed E-state index contributed by atoms with van der Waals surface area (Å²) in [5.74, 6) is 0.725. The fraction of sp³-hybridized carbons (Fsp3) is 0.310. The third kappa shape index (κ3) is 6.69. The minimum atomic E-state index is -0.247. The van der Waals surface area contributed by atoms with Crippen molar-refractivity contribution in [2.45, 2.75) is 31.7 Å². The number of likely N-dealkylation sites (tertiary alicyclic amines) is 1. The lowest BCUT2D eigenvalue weighted by atomic mass is 9.88. The Morgan fingerprint density at radius 2 is 1.68 bits per heavy atom. The Kier molecular flexibility index (Phi) is 8.32. The first kappa shape index (κ1) is 23.5. The van der Waals surface area contributed by atoms with Crippen LogP contribution in [0.4, 0.5) is 10.5 Å². The lowest BCUT2D eigenvalue weighted by Crippen LogP contribution is -2.39. The van der Waals surface area contributed by atoms with E-state index >= 15 is 0 Å². The van der Waals surface area contributed by atoms with Crippen molar-refractivity contribution in [3.63, 3.8) is 0 Å². The molecule has 2 amide bonds. The van der Waals surface area contributed by atoms with Gasteiger partial charge in [-0.3, -0.25) is 4.90 Å². The number of nitrogens with zero attached hydrogens (tertiary/aromatic N) is 2. The monoisotopic (exact) mass is 452 g/mol. The van der Waals surface area contributed by atoms with E-state index < -0.39 is 0 Å². The zero-order valence-corrected chi connectivity index (χ0v) is 19.5. The number of urea groups is 1. The molecule has 3 aromatic carbocycles. The molecule has 1 unspecified atom stereocenters. The molecule has 5 heteroatoms. The summed E-state index contributed by atoms with van der Waals surface area (Å²) < 4.78 is 0. The van der Waals surface area contributed by atoms with Crippen LogP contribution in [0.3, 0.4) is 0 Å². The minimum Gasteiger partial charge on any atom is -0.338 e. The molecule has 0 spiro atoms. The molecular weight excluding hydrogens is 420 g/mol. The van der Waals surface area contributed by atoms with Gasteiger partial charge in [0.25, 0.3) is 0 Å². The van der Waals surface area contributed by atoms with Crippen LogP contribution in [-0.2, 0) is 6.42 Å². The molecule has 1 aliphatic heterocycles. The molecule has 34 heavy (non-hydrogen) atoms. The normalized spacial score (nSPS) is 15.3. The summed E-state index contributed by atoms with van der Waals surface area (Å²) in [7, 11) is 0.